The molecule has 108 valence electrons. The second kappa shape index (κ2) is 5.50. The Balaban J connectivity index is 1.89. The third kappa shape index (κ3) is 2.52. The van der Waals surface area contributed by atoms with Crippen molar-refractivity contribution in [1.82, 2.24) is 24.6 Å². The average Bonchev–Trinajstić information content (AvgIpc) is 2.78. The smallest absolute Gasteiger partial charge is 0.162 e. The zero-order chi connectivity index (χ0) is 14.3. The van der Waals surface area contributed by atoms with Gasteiger partial charge < -0.3 is 0 Å². The van der Waals surface area contributed by atoms with Crippen LogP contribution in [0.5, 0.6) is 0 Å². The van der Waals surface area contributed by atoms with Crippen LogP contribution < -0.4 is 0 Å². The lowest BCUT2D eigenvalue weighted by Crippen LogP contribution is -2.44. The average molecular weight is 312 g/mol. The van der Waals surface area contributed by atoms with Crippen molar-refractivity contribution in [2.75, 3.05) is 12.3 Å². The summed E-state index contributed by atoms with van der Waals surface area (Å²) in [5, 5.41) is 6.13. The number of hydrogen-bond donors (Lipinski definition) is 0. The van der Waals surface area contributed by atoms with Gasteiger partial charge in [-0.3, -0.25) is 9.58 Å². The van der Waals surface area contributed by atoms with E-state index >= 15 is 0 Å². The van der Waals surface area contributed by atoms with Gasteiger partial charge in [-0.15, -0.1) is 0 Å². The highest BCUT2D eigenvalue weighted by Crippen LogP contribution is 2.26. The van der Waals surface area contributed by atoms with E-state index in [-0.39, 0.29) is 0 Å². The van der Waals surface area contributed by atoms with E-state index in [1.807, 2.05) is 18.8 Å². The van der Waals surface area contributed by atoms with Crippen molar-refractivity contribution in [3.8, 4) is 0 Å². The Hall–Kier alpha value is -0.850. The highest BCUT2D eigenvalue weighted by Gasteiger charge is 2.26. The molecular weight excluding hydrogens is 294 g/mol. The molecule has 0 saturated carbocycles. The molecule has 1 saturated heterocycles. The molecule has 1 aliphatic heterocycles. The van der Waals surface area contributed by atoms with E-state index in [0.29, 0.717) is 16.4 Å². The number of hydrogen-bond acceptors (Lipinski definition) is 5. The van der Waals surface area contributed by atoms with Gasteiger partial charge in [0.05, 0.1) is 18.1 Å². The SMILES string of the molecule is CC1SCCN(Cc2nc(Cl)c3cnn(C)c3n2)C1C. The van der Waals surface area contributed by atoms with Crippen molar-refractivity contribution >= 4 is 34.4 Å². The maximum Gasteiger partial charge on any atom is 0.162 e. The summed E-state index contributed by atoms with van der Waals surface area (Å²) in [7, 11) is 1.87. The molecule has 1 fully saturated rings. The van der Waals surface area contributed by atoms with Crippen LogP contribution in [0.3, 0.4) is 0 Å². The third-order valence-corrected chi connectivity index (χ3v) is 5.58. The fraction of sp³-hybridized carbons (Fsp3) is 0.615. The molecule has 0 radical (unpaired) electrons. The van der Waals surface area contributed by atoms with Gasteiger partial charge in [0.2, 0.25) is 0 Å². The Morgan fingerprint density at radius 2 is 2.20 bits per heavy atom. The van der Waals surface area contributed by atoms with Crippen LogP contribution in [0, 0.1) is 0 Å². The zero-order valence-electron chi connectivity index (χ0n) is 11.9. The van der Waals surface area contributed by atoms with Crippen molar-refractivity contribution < 1.29 is 0 Å². The van der Waals surface area contributed by atoms with Gasteiger partial charge >= 0.3 is 0 Å². The summed E-state index contributed by atoms with van der Waals surface area (Å²) in [6.07, 6.45) is 1.71. The number of rotatable bonds is 2. The van der Waals surface area contributed by atoms with Crippen molar-refractivity contribution in [3.05, 3.63) is 17.2 Å². The first kappa shape index (κ1) is 14.1. The monoisotopic (exact) mass is 311 g/mol. The third-order valence-electron chi connectivity index (χ3n) is 3.95. The fourth-order valence-corrected chi connectivity index (χ4v) is 3.89. The number of halogens is 1. The maximum atomic E-state index is 6.23. The zero-order valence-corrected chi connectivity index (χ0v) is 13.4. The highest BCUT2D eigenvalue weighted by atomic mass is 35.5. The number of thioether (sulfide) groups is 1. The predicted octanol–water partition coefficient (Wildman–Crippen LogP) is 2.34. The second-order valence-electron chi connectivity index (χ2n) is 5.22. The van der Waals surface area contributed by atoms with Crippen LogP contribution in [0.25, 0.3) is 11.0 Å². The standard InChI is InChI=1S/C13H18ClN5S/c1-8-9(2)20-5-4-19(8)7-11-16-12(14)10-6-15-18(3)13(10)17-11/h6,8-9H,4-5,7H2,1-3H3. The van der Waals surface area contributed by atoms with Gasteiger partial charge in [0.15, 0.2) is 5.65 Å². The van der Waals surface area contributed by atoms with E-state index in [9.17, 15) is 0 Å². The van der Waals surface area contributed by atoms with Crippen LogP contribution in [0.4, 0.5) is 0 Å². The lowest BCUT2D eigenvalue weighted by molar-refractivity contribution is 0.199. The van der Waals surface area contributed by atoms with Gasteiger partial charge in [0, 0.05) is 30.6 Å². The fourth-order valence-electron chi connectivity index (χ4n) is 2.50. The molecule has 7 heteroatoms. The first-order valence-electron chi connectivity index (χ1n) is 6.76. The molecule has 2 aromatic heterocycles. The molecule has 0 bridgehead atoms. The van der Waals surface area contributed by atoms with E-state index in [4.69, 9.17) is 11.6 Å². The predicted molar refractivity (Wildman–Crippen MR) is 83.1 cm³/mol. The second-order valence-corrected chi connectivity index (χ2v) is 7.07. The van der Waals surface area contributed by atoms with E-state index in [0.717, 1.165) is 35.7 Å². The normalized spacial score (nSPS) is 24.4. The minimum atomic E-state index is 0.491. The lowest BCUT2D eigenvalue weighted by atomic mass is 10.2. The summed E-state index contributed by atoms with van der Waals surface area (Å²) in [6, 6.07) is 0.526. The number of nitrogens with zero attached hydrogens (tertiary/aromatic N) is 5. The van der Waals surface area contributed by atoms with Crippen LogP contribution in [-0.2, 0) is 13.6 Å². The topological polar surface area (TPSA) is 46.8 Å². The summed E-state index contributed by atoms with van der Waals surface area (Å²) >= 11 is 8.26. The first-order valence-corrected chi connectivity index (χ1v) is 8.18. The molecule has 0 amide bonds. The molecule has 0 aliphatic carbocycles. The molecule has 0 aromatic carbocycles. The molecule has 5 nitrogen and oxygen atoms in total. The number of aromatic nitrogens is 4. The Bertz CT molecular complexity index is 628. The van der Waals surface area contributed by atoms with E-state index in [2.05, 4.69) is 33.8 Å². The van der Waals surface area contributed by atoms with Gasteiger partial charge in [-0.2, -0.15) is 16.9 Å². The quantitative estimate of drug-likeness (QED) is 0.797. The van der Waals surface area contributed by atoms with Crippen LogP contribution in [-0.4, -0.2) is 48.2 Å². The Morgan fingerprint density at radius 1 is 1.40 bits per heavy atom. The summed E-state index contributed by atoms with van der Waals surface area (Å²) in [4.78, 5) is 11.5. The molecule has 20 heavy (non-hydrogen) atoms. The summed E-state index contributed by atoms with van der Waals surface area (Å²) in [6.45, 7) is 6.36. The van der Waals surface area contributed by atoms with E-state index in [1.165, 1.54) is 0 Å². The number of aryl methyl sites for hydroxylation is 1. The first-order chi connectivity index (χ1) is 9.56. The Kier molecular flexibility index (Phi) is 3.88. The van der Waals surface area contributed by atoms with Crippen molar-refractivity contribution in [1.29, 1.82) is 0 Å². The van der Waals surface area contributed by atoms with Crippen LogP contribution in [0.2, 0.25) is 5.15 Å². The lowest BCUT2D eigenvalue weighted by Gasteiger charge is -2.36. The van der Waals surface area contributed by atoms with Crippen molar-refractivity contribution in [3.63, 3.8) is 0 Å². The van der Waals surface area contributed by atoms with Crippen LogP contribution >= 0.6 is 23.4 Å². The summed E-state index contributed by atoms with van der Waals surface area (Å²) < 4.78 is 1.74. The van der Waals surface area contributed by atoms with Gasteiger partial charge in [0.25, 0.3) is 0 Å². The maximum absolute atomic E-state index is 6.23. The van der Waals surface area contributed by atoms with Crippen molar-refractivity contribution in [2.45, 2.75) is 31.7 Å². The molecule has 1 aliphatic rings. The molecule has 3 heterocycles. The van der Waals surface area contributed by atoms with E-state index in [1.54, 1.807) is 10.9 Å². The van der Waals surface area contributed by atoms with Crippen molar-refractivity contribution in [2.24, 2.45) is 7.05 Å². The van der Waals surface area contributed by atoms with Gasteiger partial charge in [-0.25, -0.2) is 9.97 Å². The summed E-state index contributed by atoms with van der Waals surface area (Å²) in [5.41, 5.74) is 0.798. The Morgan fingerprint density at radius 3 is 3.00 bits per heavy atom. The van der Waals surface area contributed by atoms with Gasteiger partial charge in [0.1, 0.15) is 11.0 Å². The van der Waals surface area contributed by atoms with Crippen LogP contribution in [0.1, 0.15) is 19.7 Å². The molecule has 0 N–H and O–H groups in total. The van der Waals surface area contributed by atoms with E-state index < -0.39 is 0 Å². The molecular formula is C13H18ClN5S. The van der Waals surface area contributed by atoms with Crippen LogP contribution in [0.15, 0.2) is 6.20 Å². The Labute approximate surface area is 127 Å². The largest absolute Gasteiger partial charge is 0.291 e. The molecule has 3 rings (SSSR count). The molecule has 2 atom stereocenters. The van der Waals surface area contributed by atoms with Gasteiger partial charge in [-0.05, 0) is 6.92 Å². The highest BCUT2D eigenvalue weighted by molar-refractivity contribution is 8.00. The molecule has 0 spiro atoms. The molecule has 2 aromatic rings. The minimum absolute atomic E-state index is 0.491. The van der Waals surface area contributed by atoms with Gasteiger partial charge in [-0.1, -0.05) is 18.5 Å². The summed E-state index contributed by atoms with van der Waals surface area (Å²) in [5.74, 6) is 1.93. The minimum Gasteiger partial charge on any atom is -0.291 e. The number of fused-ring (bicyclic) bond motifs is 1. The molecule has 2 unspecified atom stereocenters.